The lowest BCUT2D eigenvalue weighted by atomic mass is 9.78. The SMILES string of the molecule is OB(O)c1cc2ccccc2c2c1sc1c(-n3c4ccccc4c4cc5ccccc5cc43)cccc12. The molecule has 3 nitrogen and oxygen atoms in total. The molecular formula is C32H20BNO2S. The lowest BCUT2D eigenvalue weighted by Gasteiger charge is -2.10. The van der Waals surface area contributed by atoms with Gasteiger partial charge in [0.05, 0.1) is 21.4 Å². The fourth-order valence-electron chi connectivity index (χ4n) is 5.94. The lowest BCUT2D eigenvalue weighted by molar-refractivity contribution is 0.426. The van der Waals surface area contributed by atoms with E-state index in [1.165, 1.54) is 21.5 Å². The van der Waals surface area contributed by atoms with Crippen LogP contribution in [0.5, 0.6) is 0 Å². The monoisotopic (exact) mass is 493 g/mol. The Balaban J connectivity index is 1.57. The first kappa shape index (κ1) is 21.0. The van der Waals surface area contributed by atoms with E-state index in [0.29, 0.717) is 5.46 Å². The van der Waals surface area contributed by atoms with E-state index in [4.69, 9.17) is 0 Å². The second kappa shape index (κ2) is 7.67. The van der Waals surface area contributed by atoms with Gasteiger partial charge in [-0.05, 0) is 45.8 Å². The molecule has 0 fully saturated rings. The summed E-state index contributed by atoms with van der Waals surface area (Å²) in [6, 6.07) is 38.2. The Bertz CT molecular complexity index is 2190. The average Bonchev–Trinajstić information content (AvgIpc) is 3.47. The molecule has 2 heterocycles. The maximum Gasteiger partial charge on any atom is 0.489 e. The quantitative estimate of drug-likeness (QED) is 0.252. The van der Waals surface area contributed by atoms with Crippen molar-refractivity contribution < 1.29 is 10.0 Å². The molecule has 8 aromatic rings. The van der Waals surface area contributed by atoms with Crippen molar-refractivity contribution in [1.29, 1.82) is 0 Å². The molecule has 0 saturated carbocycles. The third-order valence-electron chi connectivity index (χ3n) is 7.56. The van der Waals surface area contributed by atoms with E-state index >= 15 is 0 Å². The minimum absolute atomic E-state index is 0.550. The molecule has 174 valence electrons. The van der Waals surface area contributed by atoms with Crippen LogP contribution in [-0.2, 0) is 0 Å². The molecule has 5 heteroatoms. The van der Waals surface area contributed by atoms with Crippen molar-refractivity contribution in [3.8, 4) is 5.69 Å². The van der Waals surface area contributed by atoms with Gasteiger partial charge in [-0.1, -0.05) is 84.9 Å². The summed E-state index contributed by atoms with van der Waals surface area (Å²) in [5, 5.41) is 29.8. The normalized spacial score (nSPS) is 12.1. The number of rotatable bonds is 2. The molecule has 0 spiro atoms. The summed E-state index contributed by atoms with van der Waals surface area (Å²) in [6.07, 6.45) is 0. The molecule has 0 bridgehead atoms. The maximum atomic E-state index is 10.3. The Hall–Kier alpha value is -4.16. The van der Waals surface area contributed by atoms with E-state index in [1.54, 1.807) is 11.3 Å². The molecule has 0 aliphatic rings. The number of aromatic nitrogens is 1. The second-order valence-electron chi connectivity index (χ2n) is 9.59. The molecule has 0 atom stereocenters. The van der Waals surface area contributed by atoms with Crippen LogP contribution < -0.4 is 5.46 Å². The second-order valence-corrected chi connectivity index (χ2v) is 10.6. The Morgan fingerprint density at radius 1 is 0.541 bits per heavy atom. The summed E-state index contributed by atoms with van der Waals surface area (Å²) in [4.78, 5) is 0. The minimum atomic E-state index is -1.54. The number of hydrogen-bond acceptors (Lipinski definition) is 3. The zero-order chi connectivity index (χ0) is 24.7. The van der Waals surface area contributed by atoms with Crippen molar-refractivity contribution >= 4 is 87.4 Å². The molecule has 0 aliphatic carbocycles. The average molecular weight is 493 g/mol. The van der Waals surface area contributed by atoms with Gasteiger partial charge in [-0.2, -0.15) is 0 Å². The molecule has 0 saturated heterocycles. The van der Waals surface area contributed by atoms with E-state index < -0.39 is 7.12 Å². The number of fused-ring (bicyclic) bond motifs is 9. The van der Waals surface area contributed by atoms with Gasteiger partial charge < -0.3 is 14.6 Å². The van der Waals surface area contributed by atoms with E-state index in [0.717, 1.165) is 47.7 Å². The summed E-state index contributed by atoms with van der Waals surface area (Å²) in [6.45, 7) is 0. The Morgan fingerprint density at radius 2 is 1.22 bits per heavy atom. The zero-order valence-corrected chi connectivity index (χ0v) is 20.5. The zero-order valence-electron chi connectivity index (χ0n) is 19.7. The van der Waals surface area contributed by atoms with Crippen molar-refractivity contribution in [1.82, 2.24) is 4.57 Å². The summed E-state index contributed by atoms with van der Waals surface area (Å²) in [5.74, 6) is 0. The minimum Gasteiger partial charge on any atom is -0.423 e. The first-order valence-electron chi connectivity index (χ1n) is 12.3. The first-order valence-corrected chi connectivity index (χ1v) is 13.2. The van der Waals surface area contributed by atoms with Gasteiger partial charge in [-0.25, -0.2) is 0 Å². The largest absolute Gasteiger partial charge is 0.489 e. The first-order chi connectivity index (χ1) is 18.2. The van der Waals surface area contributed by atoms with Gasteiger partial charge in [0.15, 0.2) is 0 Å². The van der Waals surface area contributed by atoms with Gasteiger partial charge >= 0.3 is 7.12 Å². The molecule has 2 N–H and O–H groups in total. The fraction of sp³-hybridized carbons (Fsp3) is 0. The van der Waals surface area contributed by atoms with E-state index in [2.05, 4.69) is 89.5 Å². The van der Waals surface area contributed by atoms with Crippen molar-refractivity contribution in [2.45, 2.75) is 0 Å². The van der Waals surface area contributed by atoms with E-state index in [9.17, 15) is 10.0 Å². The van der Waals surface area contributed by atoms with Crippen molar-refractivity contribution in [3.63, 3.8) is 0 Å². The highest BCUT2D eigenvalue weighted by atomic mass is 32.1. The van der Waals surface area contributed by atoms with Crippen LogP contribution in [0.25, 0.3) is 69.2 Å². The smallest absolute Gasteiger partial charge is 0.423 e. The summed E-state index contributed by atoms with van der Waals surface area (Å²) >= 11 is 1.64. The number of para-hydroxylation sites is 1. The van der Waals surface area contributed by atoms with Crippen LogP contribution in [-0.4, -0.2) is 21.7 Å². The van der Waals surface area contributed by atoms with E-state index in [1.807, 2.05) is 24.3 Å². The third kappa shape index (κ3) is 2.90. The van der Waals surface area contributed by atoms with Gasteiger partial charge in [0, 0.05) is 31.7 Å². The predicted molar refractivity (Wildman–Crippen MR) is 159 cm³/mol. The van der Waals surface area contributed by atoms with Crippen LogP contribution in [0.4, 0.5) is 0 Å². The van der Waals surface area contributed by atoms with Crippen LogP contribution in [0.3, 0.4) is 0 Å². The number of nitrogens with zero attached hydrogens (tertiary/aromatic N) is 1. The molecular weight excluding hydrogens is 473 g/mol. The highest BCUT2D eigenvalue weighted by Gasteiger charge is 2.22. The molecule has 8 rings (SSSR count). The molecule has 0 aliphatic heterocycles. The van der Waals surface area contributed by atoms with Crippen molar-refractivity contribution in [3.05, 3.63) is 109 Å². The predicted octanol–water partition coefficient (Wildman–Crippen LogP) is 7.14. The van der Waals surface area contributed by atoms with E-state index in [-0.39, 0.29) is 0 Å². The highest BCUT2D eigenvalue weighted by molar-refractivity contribution is 7.27. The molecule has 37 heavy (non-hydrogen) atoms. The molecule has 0 radical (unpaired) electrons. The van der Waals surface area contributed by atoms with Crippen LogP contribution in [0, 0.1) is 0 Å². The maximum absolute atomic E-state index is 10.3. The van der Waals surface area contributed by atoms with Crippen LogP contribution >= 0.6 is 11.3 Å². The Morgan fingerprint density at radius 3 is 2.03 bits per heavy atom. The van der Waals surface area contributed by atoms with Crippen LogP contribution in [0.1, 0.15) is 0 Å². The number of benzene rings is 6. The van der Waals surface area contributed by atoms with Gasteiger partial charge in [0.1, 0.15) is 0 Å². The Labute approximate surface area is 216 Å². The number of hydrogen-bond donors (Lipinski definition) is 2. The number of thiophene rings is 1. The van der Waals surface area contributed by atoms with Crippen molar-refractivity contribution in [2.24, 2.45) is 0 Å². The molecule has 2 aromatic heterocycles. The molecule has 6 aromatic carbocycles. The summed E-state index contributed by atoms with van der Waals surface area (Å²) in [5.41, 5.74) is 3.97. The summed E-state index contributed by atoms with van der Waals surface area (Å²) in [7, 11) is -1.54. The van der Waals surface area contributed by atoms with Crippen LogP contribution in [0.2, 0.25) is 0 Å². The van der Waals surface area contributed by atoms with Crippen molar-refractivity contribution in [2.75, 3.05) is 0 Å². The van der Waals surface area contributed by atoms with Gasteiger partial charge in [0.25, 0.3) is 0 Å². The van der Waals surface area contributed by atoms with Gasteiger partial charge in [-0.15, -0.1) is 11.3 Å². The van der Waals surface area contributed by atoms with Gasteiger partial charge in [0.2, 0.25) is 0 Å². The fourth-order valence-corrected chi connectivity index (χ4v) is 7.29. The summed E-state index contributed by atoms with van der Waals surface area (Å²) < 4.78 is 4.42. The molecule has 0 unspecified atom stereocenters. The Kier molecular flexibility index (Phi) is 4.35. The third-order valence-corrected chi connectivity index (χ3v) is 8.83. The standard InChI is InChI=1S/C32H20BNO2S/c35-33(36)26-17-21-10-3-4-11-22(21)30-24-13-7-15-28(31(24)37-32(26)30)34-27-14-6-5-12-23(27)25-16-19-8-1-2-9-20(19)18-29(25)34/h1-18,35-36H. The highest BCUT2D eigenvalue weighted by Crippen LogP contribution is 2.43. The lowest BCUT2D eigenvalue weighted by Crippen LogP contribution is -2.29. The molecule has 0 amide bonds. The topological polar surface area (TPSA) is 45.4 Å². The van der Waals surface area contributed by atoms with Crippen LogP contribution in [0.15, 0.2) is 109 Å². The van der Waals surface area contributed by atoms with Gasteiger partial charge in [-0.3, -0.25) is 0 Å².